The van der Waals surface area contributed by atoms with Crippen molar-refractivity contribution in [3.63, 3.8) is 0 Å². The Balaban J connectivity index is 2.55. The number of nitrogens with one attached hydrogen (secondary N) is 1. The minimum atomic E-state index is -0.817. The van der Waals surface area contributed by atoms with Gasteiger partial charge in [-0.3, -0.25) is 9.59 Å². The number of carbonyl (C=O) groups is 1. The van der Waals surface area contributed by atoms with Gasteiger partial charge in [0, 0.05) is 16.5 Å². The summed E-state index contributed by atoms with van der Waals surface area (Å²) in [4.78, 5) is 25.2. The first-order valence-corrected chi connectivity index (χ1v) is 6.15. The normalized spacial score (nSPS) is 11.7. The van der Waals surface area contributed by atoms with Crippen molar-refractivity contribution >= 4 is 16.9 Å². The summed E-state index contributed by atoms with van der Waals surface area (Å²) in [5, 5.41) is 9.88. The molecule has 2 N–H and O–H groups in total. The molecule has 2 rings (SSSR count). The van der Waals surface area contributed by atoms with Gasteiger partial charge in [0.25, 0.3) is 5.56 Å². The molecule has 0 amide bonds. The standard InChI is InChI=1S/C15H17NO3/c1-9-6-10-7-11(15(2,3)8-13(17)18)4-5-12(10)16-14(9)19/h4-7H,8H2,1-3H3,(H,16,19)(H,17,18). The number of carboxylic acid groups (broad SMARTS) is 1. The van der Waals surface area contributed by atoms with Gasteiger partial charge in [-0.15, -0.1) is 0 Å². The van der Waals surface area contributed by atoms with Gasteiger partial charge in [0.2, 0.25) is 0 Å². The van der Waals surface area contributed by atoms with E-state index in [-0.39, 0.29) is 12.0 Å². The van der Waals surface area contributed by atoms with Crippen LogP contribution in [0, 0.1) is 6.92 Å². The number of hydrogen-bond acceptors (Lipinski definition) is 2. The molecule has 0 radical (unpaired) electrons. The van der Waals surface area contributed by atoms with Gasteiger partial charge in [0.15, 0.2) is 0 Å². The molecular formula is C15H17NO3. The van der Waals surface area contributed by atoms with Crippen molar-refractivity contribution in [2.75, 3.05) is 0 Å². The highest BCUT2D eigenvalue weighted by Crippen LogP contribution is 2.29. The van der Waals surface area contributed by atoms with Crippen LogP contribution in [0.3, 0.4) is 0 Å². The molecule has 4 heteroatoms. The van der Waals surface area contributed by atoms with Gasteiger partial charge in [0.05, 0.1) is 6.42 Å². The van der Waals surface area contributed by atoms with Crippen molar-refractivity contribution in [2.24, 2.45) is 0 Å². The van der Waals surface area contributed by atoms with E-state index in [1.807, 2.05) is 38.1 Å². The van der Waals surface area contributed by atoms with E-state index in [1.54, 1.807) is 6.92 Å². The van der Waals surface area contributed by atoms with E-state index < -0.39 is 11.4 Å². The van der Waals surface area contributed by atoms with Crippen molar-refractivity contribution in [1.82, 2.24) is 4.98 Å². The zero-order valence-corrected chi connectivity index (χ0v) is 11.3. The molecule has 1 heterocycles. The number of carboxylic acids is 1. The van der Waals surface area contributed by atoms with Crippen molar-refractivity contribution < 1.29 is 9.90 Å². The van der Waals surface area contributed by atoms with Gasteiger partial charge in [0.1, 0.15) is 0 Å². The van der Waals surface area contributed by atoms with E-state index >= 15 is 0 Å². The first-order chi connectivity index (χ1) is 8.79. The Morgan fingerprint density at radius 1 is 1.32 bits per heavy atom. The second kappa shape index (κ2) is 4.53. The Morgan fingerprint density at radius 3 is 2.63 bits per heavy atom. The second-order valence-corrected chi connectivity index (χ2v) is 5.54. The average Bonchev–Trinajstić information content (AvgIpc) is 2.28. The first-order valence-electron chi connectivity index (χ1n) is 6.15. The number of aromatic nitrogens is 1. The molecule has 0 saturated heterocycles. The van der Waals surface area contributed by atoms with Crippen LogP contribution in [0.15, 0.2) is 29.1 Å². The largest absolute Gasteiger partial charge is 0.481 e. The molecule has 4 nitrogen and oxygen atoms in total. The average molecular weight is 259 g/mol. The summed E-state index contributed by atoms with van der Waals surface area (Å²) < 4.78 is 0. The number of aryl methyl sites for hydroxylation is 1. The smallest absolute Gasteiger partial charge is 0.304 e. The number of fused-ring (bicyclic) bond motifs is 1. The van der Waals surface area contributed by atoms with Crippen molar-refractivity contribution in [2.45, 2.75) is 32.6 Å². The van der Waals surface area contributed by atoms with E-state index in [0.717, 1.165) is 16.5 Å². The van der Waals surface area contributed by atoms with Gasteiger partial charge < -0.3 is 10.1 Å². The van der Waals surface area contributed by atoms with Gasteiger partial charge in [-0.2, -0.15) is 0 Å². The zero-order chi connectivity index (χ0) is 14.2. The third-order valence-corrected chi connectivity index (χ3v) is 3.40. The lowest BCUT2D eigenvalue weighted by Crippen LogP contribution is -2.21. The van der Waals surface area contributed by atoms with Crippen LogP contribution in [-0.2, 0) is 10.2 Å². The molecule has 0 aliphatic carbocycles. The molecule has 0 spiro atoms. The molecule has 0 atom stereocenters. The lowest BCUT2D eigenvalue weighted by atomic mass is 9.81. The number of aliphatic carboxylic acids is 1. The number of hydrogen-bond donors (Lipinski definition) is 2. The van der Waals surface area contributed by atoms with Gasteiger partial charge in [-0.25, -0.2) is 0 Å². The van der Waals surface area contributed by atoms with Crippen LogP contribution in [0.4, 0.5) is 0 Å². The molecule has 19 heavy (non-hydrogen) atoms. The van der Waals surface area contributed by atoms with Crippen LogP contribution in [0.2, 0.25) is 0 Å². The number of benzene rings is 1. The van der Waals surface area contributed by atoms with Crippen LogP contribution in [0.5, 0.6) is 0 Å². The molecule has 0 bridgehead atoms. The van der Waals surface area contributed by atoms with Crippen LogP contribution in [0.1, 0.15) is 31.4 Å². The Kier molecular flexibility index (Phi) is 3.18. The third-order valence-electron chi connectivity index (χ3n) is 3.40. The van der Waals surface area contributed by atoms with Crippen molar-refractivity contribution in [1.29, 1.82) is 0 Å². The summed E-state index contributed by atoms with van der Waals surface area (Å²) >= 11 is 0. The van der Waals surface area contributed by atoms with Crippen LogP contribution in [0.25, 0.3) is 10.9 Å². The molecule has 1 aromatic heterocycles. The van der Waals surface area contributed by atoms with E-state index in [2.05, 4.69) is 4.98 Å². The maximum Gasteiger partial charge on any atom is 0.304 e. The highest BCUT2D eigenvalue weighted by Gasteiger charge is 2.24. The molecule has 0 saturated carbocycles. The predicted octanol–water partition coefficient (Wildman–Crippen LogP) is 2.59. The maximum absolute atomic E-state index is 11.5. The fourth-order valence-corrected chi connectivity index (χ4v) is 2.22. The van der Waals surface area contributed by atoms with Gasteiger partial charge in [-0.05, 0) is 36.1 Å². The quantitative estimate of drug-likeness (QED) is 0.890. The Bertz CT molecular complexity index is 698. The number of H-pyrrole nitrogens is 1. The topological polar surface area (TPSA) is 70.2 Å². The van der Waals surface area contributed by atoms with Crippen LogP contribution < -0.4 is 5.56 Å². The zero-order valence-electron chi connectivity index (χ0n) is 11.3. The predicted molar refractivity (Wildman–Crippen MR) is 74.6 cm³/mol. The Labute approximate surface area is 111 Å². The first kappa shape index (κ1) is 13.3. The monoisotopic (exact) mass is 259 g/mol. The molecule has 0 unspecified atom stereocenters. The summed E-state index contributed by atoms with van der Waals surface area (Å²) in [6.45, 7) is 5.56. The highest BCUT2D eigenvalue weighted by atomic mass is 16.4. The van der Waals surface area contributed by atoms with Crippen molar-refractivity contribution in [3.05, 3.63) is 45.7 Å². The van der Waals surface area contributed by atoms with Crippen molar-refractivity contribution in [3.8, 4) is 0 Å². The fourth-order valence-electron chi connectivity index (χ4n) is 2.22. The molecule has 0 aliphatic heterocycles. The molecule has 1 aromatic carbocycles. The van der Waals surface area contributed by atoms with E-state index in [9.17, 15) is 9.59 Å². The van der Waals surface area contributed by atoms with Crippen LogP contribution >= 0.6 is 0 Å². The second-order valence-electron chi connectivity index (χ2n) is 5.54. The van der Waals surface area contributed by atoms with E-state index in [0.29, 0.717) is 5.56 Å². The molecule has 2 aromatic rings. The molecular weight excluding hydrogens is 242 g/mol. The number of pyridine rings is 1. The van der Waals surface area contributed by atoms with Crippen LogP contribution in [-0.4, -0.2) is 16.1 Å². The third kappa shape index (κ3) is 2.67. The highest BCUT2D eigenvalue weighted by molar-refractivity contribution is 5.80. The van der Waals surface area contributed by atoms with E-state index in [4.69, 9.17) is 5.11 Å². The number of aromatic amines is 1. The van der Waals surface area contributed by atoms with E-state index in [1.165, 1.54) is 0 Å². The minimum Gasteiger partial charge on any atom is -0.481 e. The Hall–Kier alpha value is -2.10. The fraction of sp³-hybridized carbons (Fsp3) is 0.333. The summed E-state index contributed by atoms with van der Waals surface area (Å²) in [6, 6.07) is 7.47. The lowest BCUT2D eigenvalue weighted by molar-refractivity contribution is -0.138. The summed E-state index contributed by atoms with van der Waals surface area (Å²) in [6.07, 6.45) is 0.0703. The lowest BCUT2D eigenvalue weighted by Gasteiger charge is -2.23. The molecule has 100 valence electrons. The van der Waals surface area contributed by atoms with Gasteiger partial charge in [-0.1, -0.05) is 19.9 Å². The Morgan fingerprint density at radius 2 is 2.00 bits per heavy atom. The maximum atomic E-state index is 11.5. The molecule has 0 fully saturated rings. The summed E-state index contributed by atoms with van der Waals surface area (Å²) in [5.74, 6) is -0.817. The SMILES string of the molecule is Cc1cc2cc(C(C)(C)CC(=O)O)ccc2[nH]c1=O. The summed E-state index contributed by atoms with van der Waals surface area (Å²) in [5.41, 5.74) is 1.84. The molecule has 0 aliphatic rings. The van der Waals surface area contributed by atoms with Gasteiger partial charge >= 0.3 is 5.97 Å². The summed E-state index contributed by atoms with van der Waals surface area (Å²) in [7, 11) is 0. The number of rotatable bonds is 3. The minimum absolute atomic E-state index is 0.0703.